The van der Waals surface area contributed by atoms with Gasteiger partial charge in [0.25, 0.3) is 0 Å². The molecule has 6 atom stereocenters. The topological polar surface area (TPSA) is 77.8 Å². The molecule has 4 nitrogen and oxygen atoms in total. The lowest BCUT2D eigenvalue weighted by Gasteiger charge is -2.55. The van der Waals surface area contributed by atoms with Crippen LogP contribution in [-0.4, -0.2) is 38.9 Å². The molecule has 130 valence electrons. The normalized spacial score (nSPS) is 37.3. The fourth-order valence-corrected chi connectivity index (χ4v) is 4.12. The summed E-state index contributed by atoms with van der Waals surface area (Å²) in [5.41, 5.74) is -1.30. The Labute approximate surface area is 139 Å². The molecule has 0 amide bonds. The minimum atomic E-state index is -1.30. The first-order valence-corrected chi connectivity index (χ1v) is 9.05. The molecule has 1 unspecified atom stereocenters. The van der Waals surface area contributed by atoms with E-state index in [2.05, 4.69) is 18.8 Å². The molecule has 0 aromatic carbocycles. The van der Waals surface area contributed by atoms with E-state index in [9.17, 15) is 20.1 Å². The van der Waals surface area contributed by atoms with Crippen LogP contribution in [-0.2, 0) is 4.79 Å². The van der Waals surface area contributed by atoms with Crippen molar-refractivity contribution in [1.82, 2.24) is 0 Å². The van der Waals surface area contributed by atoms with E-state index in [1.807, 2.05) is 0 Å². The highest BCUT2D eigenvalue weighted by molar-refractivity contribution is 5.96. The summed E-state index contributed by atoms with van der Waals surface area (Å²) >= 11 is 0. The van der Waals surface area contributed by atoms with E-state index in [1.165, 1.54) is 19.3 Å². The quantitative estimate of drug-likeness (QED) is 0.517. The van der Waals surface area contributed by atoms with Gasteiger partial charge in [0, 0.05) is 11.8 Å². The molecule has 3 N–H and O–H groups in total. The molecule has 2 rings (SSSR count). The molecule has 2 fully saturated rings. The van der Waals surface area contributed by atoms with Crippen molar-refractivity contribution < 1.29 is 20.1 Å². The molecular formula is C19H30O4. The van der Waals surface area contributed by atoms with Crippen LogP contribution < -0.4 is 0 Å². The van der Waals surface area contributed by atoms with Gasteiger partial charge in [-0.3, -0.25) is 4.79 Å². The third-order valence-electron chi connectivity index (χ3n) is 5.55. The van der Waals surface area contributed by atoms with Gasteiger partial charge in [0.15, 0.2) is 5.78 Å². The number of carbonyl (C=O) groups excluding carboxylic acids is 1. The van der Waals surface area contributed by atoms with Crippen molar-refractivity contribution in [3.05, 3.63) is 0 Å². The van der Waals surface area contributed by atoms with E-state index in [0.29, 0.717) is 19.3 Å². The van der Waals surface area contributed by atoms with Crippen LogP contribution in [0.2, 0.25) is 0 Å². The molecule has 4 heteroatoms. The highest BCUT2D eigenvalue weighted by Gasteiger charge is 2.64. The van der Waals surface area contributed by atoms with Crippen LogP contribution in [0, 0.1) is 29.6 Å². The van der Waals surface area contributed by atoms with Crippen LogP contribution >= 0.6 is 0 Å². The summed E-state index contributed by atoms with van der Waals surface area (Å²) in [5.74, 6) is 4.69. The molecular weight excluding hydrogens is 292 g/mol. The first-order valence-electron chi connectivity index (χ1n) is 9.05. The van der Waals surface area contributed by atoms with Crippen molar-refractivity contribution in [2.45, 2.75) is 83.0 Å². The Morgan fingerprint density at radius 3 is 2.70 bits per heavy atom. The lowest BCUT2D eigenvalue weighted by atomic mass is 9.50. The fraction of sp³-hybridized carbons (Fsp3) is 0.842. The van der Waals surface area contributed by atoms with E-state index in [0.717, 1.165) is 12.8 Å². The Kier molecular flexibility index (Phi) is 6.25. The van der Waals surface area contributed by atoms with Crippen LogP contribution in [0.1, 0.15) is 65.2 Å². The Bertz CT molecular complexity index is 477. The monoisotopic (exact) mass is 322 g/mol. The minimum Gasteiger partial charge on any atom is -0.392 e. The third kappa shape index (κ3) is 3.79. The Balaban J connectivity index is 1.89. The second kappa shape index (κ2) is 7.79. The lowest BCUT2D eigenvalue weighted by molar-refractivity contribution is -0.196. The number of carbonyl (C=O) groups is 1. The fourth-order valence-electron chi connectivity index (χ4n) is 4.12. The number of fused-ring (bicyclic) bond motifs is 1. The summed E-state index contributed by atoms with van der Waals surface area (Å²) in [6.07, 6.45) is 5.70. The van der Waals surface area contributed by atoms with Gasteiger partial charge in [-0.15, -0.1) is 0 Å². The van der Waals surface area contributed by atoms with E-state index in [4.69, 9.17) is 0 Å². The Morgan fingerprint density at radius 1 is 1.30 bits per heavy atom. The summed E-state index contributed by atoms with van der Waals surface area (Å²) in [5, 5.41) is 30.6. The summed E-state index contributed by atoms with van der Waals surface area (Å²) < 4.78 is 0. The lowest BCUT2D eigenvalue weighted by Crippen LogP contribution is -2.68. The smallest absolute Gasteiger partial charge is 0.167 e. The molecule has 2 aliphatic carbocycles. The molecule has 0 spiro atoms. The molecule has 0 heterocycles. The van der Waals surface area contributed by atoms with Gasteiger partial charge in [-0.2, -0.15) is 0 Å². The summed E-state index contributed by atoms with van der Waals surface area (Å²) in [6.45, 7) is 3.96. The second-order valence-electron chi connectivity index (χ2n) is 7.24. The maximum absolute atomic E-state index is 11.9. The first kappa shape index (κ1) is 18.4. The highest BCUT2D eigenvalue weighted by atomic mass is 16.3. The zero-order chi connectivity index (χ0) is 17.0. The van der Waals surface area contributed by atoms with E-state index >= 15 is 0 Å². The summed E-state index contributed by atoms with van der Waals surface area (Å²) in [6, 6.07) is 0. The van der Waals surface area contributed by atoms with Gasteiger partial charge in [0.2, 0.25) is 0 Å². The van der Waals surface area contributed by atoms with Gasteiger partial charge in [0.05, 0.1) is 12.0 Å². The molecule has 0 aromatic rings. The Hall–Kier alpha value is -0.890. The molecule has 2 saturated carbocycles. The van der Waals surface area contributed by atoms with Gasteiger partial charge < -0.3 is 15.3 Å². The van der Waals surface area contributed by atoms with E-state index < -0.39 is 23.7 Å². The predicted octanol–water partition coefficient (Wildman–Crippen LogP) is 2.05. The number of ketones is 1. The average molecular weight is 322 g/mol. The SMILES string of the molecule is CCCCCCC[C@H](O)C#C[C@@H]1[C@@H](O)CC[C@@]2(O)C(=O)C(C)[C@@H]12. The number of unbranched alkanes of at least 4 members (excludes halogenated alkanes) is 4. The van der Waals surface area contributed by atoms with Gasteiger partial charge in [0.1, 0.15) is 11.7 Å². The van der Waals surface area contributed by atoms with Gasteiger partial charge >= 0.3 is 0 Å². The number of rotatable bonds is 6. The molecule has 0 aromatic heterocycles. The molecule has 0 bridgehead atoms. The van der Waals surface area contributed by atoms with Gasteiger partial charge in [-0.25, -0.2) is 0 Å². The van der Waals surface area contributed by atoms with Crippen LogP contribution in [0.5, 0.6) is 0 Å². The zero-order valence-corrected chi connectivity index (χ0v) is 14.3. The first-order chi connectivity index (χ1) is 10.9. The largest absolute Gasteiger partial charge is 0.392 e. The molecule has 23 heavy (non-hydrogen) atoms. The van der Waals surface area contributed by atoms with Crippen molar-refractivity contribution in [3.8, 4) is 11.8 Å². The van der Waals surface area contributed by atoms with Gasteiger partial charge in [-0.05, 0) is 25.7 Å². The average Bonchev–Trinajstić information content (AvgIpc) is 2.54. The van der Waals surface area contributed by atoms with Crippen molar-refractivity contribution in [1.29, 1.82) is 0 Å². The number of aliphatic hydroxyl groups is 3. The number of Topliss-reactive ketones (excluding diaryl/α,β-unsaturated/α-hetero) is 1. The minimum absolute atomic E-state index is 0.127. The number of aliphatic hydroxyl groups excluding tert-OH is 2. The van der Waals surface area contributed by atoms with Crippen molar-refractivity contribution in [2.24, 2.45) is 17.8 Å². The van der Waals surface area contributed by atoms with Crippen LogP contribution in [0.25, 0.3) is 0 Å². The van der Waals surface area contributed by atoms with Crippen molar-refractivity contribution in [2.75, 3.05) is 0 Å². The zero-order valence-electron chi connectivity index (χ0n) is 14.3. The summed E-state index contributed by atoms with van der Waals surface area (Å²) in [7, 11) is 0. The number of hydrogen-bond acceptors (Lipinski definition) is 4. The maximum Gasteiger partial charge on any atom is 0.167 e. The molecule has 2 aliphatic rings. The number of hydrogen-bond donors (Lipinski definition) is 3. The molecule has 0 aliphatic heterocycles. The van der Waals surface area contributed by atoms with Crippen LogP contribution in [0.15, 0.2) is 0 Å². The van der Waals surface area contributed by atoms with Crippen LogP contribution in [0.3, 0.4) is 0 Å². The maximum atomic E-state index is 11.9. The standard InChI is InChI=1S/C19H30O4/c1-3-4-5-6-7-8-14(20)9-10-15-16(21)11-12-19(23)17(15)13(2)18(19)22/h13-17,20-21,23H,3-8,11-12H2,1-2H3/t13?,14-,15+,16-,17-,19-/m0/s1. The van der Waals surface area contributed by atoms with E-state index in [1.54, 1.807) is 6.92 Å². The second-order valence-corrected chi connectivity index (χ2v) is 7.24. The highest BCUT2D eigenvalue weighted by Crippen LogP contribution is 2.52. The third-order valence-corrected chi connectivity index (χ3v) is 5.55. The predicted molar refractivity (Wildman–Crippen MR) is 88.5 cm³/mol. The van der Waals surface area contributed by atoms with E-state index in [-0.39, 0.29) is 17.6 Å². The van der Waals surface area contributed by atoms with Crippen molar-refractivity contribution in [3.63, 3.8) is 0 Å². The van der Waals surface area contributed by atoms with Crippen molar-refractivity contribution >= 4 is 5.78 Å². The van der Waals surface area contributed by atoms with Gasteiger partial charge in [-0.1, -0.05) is 51.4 Å². The molecule has 0 radical (unpaired) electrons. The summed E-state index contributed by atoms with van der Waals surface area (Å²) in [4.78, 5) is 11.9. The molecule has 0 saturated heterocycles. The van der Waals surface area contributed by atoms with Crippen LogP contribution in [0.4, 0.5) is 0 Å². The Morgan fingerprint density at radius 2 is 2.00 bits per heavy atom.